The highest BCUT2D eigenvalue weighted by atomic mass is 19.2. The first-order chi connectivity index (χ1) is 12.4. The van der Waals surface area contributed by atoms with E-state index in [0.29, 0.717) is 11.1 Å². The number of benzene rings is 2. The fourth-order valence-corrected chi connectivity index (χ4v) is 2.72. The molecule has 0 saturated heterocycles. The van der Waals surface area contributed by atoms with Gasteiger partial charge in [0, 0.05) is 18.0 Å². The zero-order valence-corrected chi connectivity index (χ0v) is 14.1. The van der Waals surface area contributed by atoms with Crippen LogP contribution in [0.2, 0.25) is 0 Å². The lowest BCUT2D eigenvalue weighted by molar-refractivity contribution is -0.122. The Hall–Kier alpha value is -3.22. The zero-order valence-electron chi connectivity index (χ0n) is 14.1. The van der Waals surface area contributed by atoms with Crippen LogP contribution in [0.3, 0.4) is 0 Å². The Morgan fingerprint density at radius 1 is 1.08 bits per heavy atom. The molecule has 1 atom stereocenters. The van der Waals surface area contributed by atoms with Crippen LogP contribution in [0.15, 0.2) is 46.9 Å². The van der Waals surface area contributed by atoms with Crippen molar-refractivity contribution in [3.05, 3.63) is 71.0 Å². The van der Waals surface area contributed by atoms with Crippen molar-refractivity contribution in [1.29, 1.82) is 0 Å². The Labute approximate surface area is 148 Å². The largest absolute Gasteiger partial charge is 0.451 e. The molecule has 1 aromatic heterocycles. The number of carbonyl (C=O) groups is 2. The van der Waals surface area contributed by atoms with Gasteiger partial charge in [-0.2, -0.15) is 0 Å². The maximum absolute atomic E-state index is 13.5. The van der Waals surface area contributed by atoms with E-state index in [2.05, 4.69) is 10.6 Å². The van der Waals surface area contributed by atoms with Crippen molar-refractivity contribution in [3.8, 4) is 0 Å². The molecule has 0 aliphatic heterocycles. The number of halogens is 2. The number of amides is 2. The molecule has 0 spiro atoms. The molecule has 7 heteroatoms. The molecule has 2 N–H and O–H groups in total. The number of rotatable bonds is 4. The molecule has 1 unspecified atom stereocenters. The molecule has 0 aliphatic carbocycles. The van der Waals surface area contributed by atoms with Crippen LogP contribution in [-0.4, -0.2) is 18.9 Å². The summed E-state index contributed by atoms with van der Waals surface area (Å²) in [5.74, 6) is -3.28. The summed E-state index contributed by atoms with van der Waals surface area (Å²) >= 11 is 0. The Balaban J connectivity index is 1.95. The molecule has 0 bridgehead atoms. The van der Waals surface area contributed by atoms with Gasteiger partial charge in [0.05, 0.1) is 0 Å². The zero-order chi connectivity index (χ0) is 18.8. The van der Waals surface area contributed by atoms with Crippen molar-refractivity contribution in [2.24, 2.45) is 0 Å². The van der Waals surface area contributed by atoms with Gasteiger partial charge in [-0.25, -0.2) is 8.78 Å². The van der Waals surface area contributed by atoms with Crippen LogP contribution in [0.4, 0.5) is 8.78 Å². The maximum atomic E-state index is 13.5. The topological polar surface area (TPSA) is 71.3 Å². The summed E-state index contributed by atoms with van der Waals surface area (Å²) in [7, 11) is 1.38. The van der Waals surface area contributed by atoms with Gasteiger partial charge in [-0.05, 0) is 30.7 Å². The molecule has 2 aromatic carbocycles. The average Bonchev–Trinajstić information content (AvgIpc) is 2.98. The van der Waals surface area contributed by atoms with Gasteiger partial charge < -0.3 is 15.1 Å². The smallest absolute Gasteiger partial charge is 0.288 e. The third-order valence-electron chi connectivity index (χ3n) is 4.11. The van der Waals surface area contributed by atoms with E-state index in [1.54, 1.807) is 19.1 Å². The summed E-state index contributed by atoms with van der Waals surface area (Å²) in [6.45, 7) is 1.73. The molecule has 2 amide bonds. The fraction of sp³-hybridized carbons (Fsp3) is 0.158. The predicted molar refractivity (Wildman–Crippen MR) is 91.6 cm³/mol. The predicted octanol–water partition coefficient (Wildman–Crippen LogP) is 3.24. The van der Waals surface area contributed by atoms with Gasteiger partial charge >= 0.3 is 0 Å². The van der Waals surface area contributed by atoms with E-state index < -0.39 is 29.5 Å². The summed E-state index contributed by atoms with van der Waals surface area (Å²) in [5.41, 5.74) is 1.28. The highest BCUT2D eigenvalue weighted by Gasteiger charge is 2.26. The number of hydrogen-bond acceptors (Lipinski definition) is 3. The van der Waals surface area contributed by atoms with E-state index in [1.807, 2.05) is 12.1 Å². The SMILES string of the molecule is CNC(=O)C(NC(=O)c1oc2ccccc2c1C)c1ccc(F)c(F)c1. The van der Waals surface area contributed by atoms with Gasteiger partial charge in [0.2, 0.25) is 5.91 Å². The van der Waals surface area contributed by atoms with Crippen molar-refractivity contribution < 1.29 is 22.8 Å². The Morgan fingerprint density at radius 3 is 2.46 bits per heavy atom. The maximum Gasteiger partial charge on any atom is 0.288 e. The molecule has 0 fully saturated rings. The van der Waals surface area contributed by atoms with E-state index in [1.165, 1.54) is 13.1 Å². The highest BCUT2D eigenvalue weighted by molar-refractivity contribution is 6.01. The number of fused-ring (bicyclic) bond motifs is 1. The summed E-state index contributed by atoms with van der Waals surface area (Å²) in [5, 5.41) is 5.69. The molecule has 1 heterocycles. The Morgan fingerprint density at radius 2 is 1.81 bits per heavy atom. The first kappa shape index (κ1) is 17.6. The van der Waals surface area contributed by atoms with Gasteiger partial charge in [0.25, 0.3) is 5.91 Å². The second-order valence-electron chi connectivity index (χ2n) is 5.75. The fourth-order valence-electron chi connectivity index (χ4n) is 2.72. The summed E-state index contributed by atoms with van der Waals surface area (Å²) in [6.07, 6.45) is 0. The van der Waals surface area contributed by atoms with Crippen LogP contribution in [-0.2, 0) is 4.79 Å². The molecule has 3 aromatic rings. The second-order valence-corrected chi connectivity index (χ2v) is 5.75. The van der Waals surface area contributed by atoms with Crippen LogP contribution < -0.4 is 10.6 Å². The lowest BCUT2D eigenvalue weighted by atomic mass is 10.1. The van der Waals surface area contributed by atoms with Crippen molar-refractivity contribution in [2.75, 3.05) is 7.05 Å². The van der Waals surface area contributed by atoms with Crippen LogP contribution in [0.5, 0.6) is 0 Å². The van der Waals surface area contributed by atoms with Gasteiger partial charge in [-0.3, -0.25) is 9.59 Å². The number of furan rings is 1. The molecular weight excluding hydrogens is 342 g/mol. The molecule has 26 heavy (non-hydrogen) atoms. The molecule has 134 valence electrons. The summed E-state index contributed by atoms with van der Waals surface area (Å²) in [4.78, 5) is 24.8. The number of carbonyl (C=O) groups excluding carboxylic acids is 2. The van der Waals surface area contributed by atoms with Gasteiger partial charge in [0.1, 0.15) is 11.6 Å². The van der Waals surface area contributed by atoms with E-state index in [9.17, 15) is 18.4 Å². The van der Waals surface area contributed by atoms with Crippen molar-refractivity contribution >= 4 is 22.8 Å². The number of likely N-dealkylation sites (N-methyl/N-ethyl adjacent to an activating group) is 1. The normalized spacial score (nSPS) is 12.0. The lowest BCUT2D eigenvalue weighted by Crippen LogP contribution is -2.39. The standard InChI is InChI=1S/C19H16F2N2O3/c1-10-12-5-3-4-6-15(12)26-17(10)19(25)23-16(18(24)22-2)11-7-8-13(20)14(21)9-11/h3-9,16H,1-2H3,(H,22,24)(H,23,25). The third-order valence-corrected chi connectivity index (χ3v) is 4.11. The second kappa shape index (κ2) is 6.95. The van der Waals surface area contributed by atoms with Crippen molar-refractivity contribution in [1.82, 2.24) is 10.6 Å². The Kier molecular flexibility index (Phi) is 4.71. The average molecular weight is 358 g/mol. The van der Waals surface area contributed by atoms with Crippen LogP contribution in [0.1, 0.15) is 27.7 Å². The molecule has 0 saturated carbocycles. The number of nitrogens with one attached hydrogen (secondary N) is 2. The van der Waals surface area contributed by atoms with E-state index in [4.69, 9.17) is 4.42 Å². The highest BCUT2D eigenvalue weighted by Crippen LogP contribution is 2.26. The molecule has 5 nitrogen and oxygen atoms in total. The minimum Gasteiger partial charge on any atom is -0.451 e. The summed E-state index contributed by atoms with van der Waals surface area (Å²) < 4.78 is 32.3. The number of aryl methyl sites for hydroxylation is 1. The van der Waals surface area contributed by atoms with Crippen molar-refractivity contribution in [3.63, 3.8) is 0 Å². The van der Waals surface area contributed by atoms with E-state index in [0.717, 1.165) is 17.5 Å². The first-order valence-corrected chi connectivity index (χ1v) is 7.88. The van der Waals surface area contributed by atoms with Gasteiger partial charge in [-0.1, -0.05) is 24.3 Å². The molecule has 0 aliphatic rings. The van der Waals surface area contributed by atoms with Crippen LogP contribution in [0, 0.1) is 18.6 Å². The summed E-state index contributed by atoms with van der Waals surface area (Å²) in [6, 6.07) is 8.96. The molecular formula is C19H16F2N2O3. The number of hydrogen-bond donors (Lipinski definition) is 2. The van der Waals surface area contributed by atoms with E-state index >= 15 is 0 Å². The van der Waals surface area contributed by atoms with Gasteiger partial charge in [-0.15, -0.1) is 0 Å². The molecule has 3 rings (SSSR count). The van der Waals surface area contributed by atoms with Crippen LogP contribution in [0.25, 0.3) is 11.0 Å². The molecule has 0 radical (unpaired) electrons. The van der Waals surface area contributed by atoms with Crippen LogP contribution >= 0.6 is 0 Å². The number of para-hydroxylation sites is 1. The minimum atomic E-state index is -1.20. The first-order valence-electron chi connectivity index (χ1n) is 7.88. The lowest BCUT2D eigenvalue weighted by Gasteiger charge is -2.17. The van der Waals surface area contributed by atoms with Crippen molar-refractivity contribution in [2.45, 2.75) is 13.0 Å². The van der Waals surface area contributed by atoms with Gasteiger partial charge in [0.15, 0.2) is 17.4 Å². The monoisotopic (exact) mass is 358 g/mol. The van der Waals surface area contributed by atoms with E-state index in [-0.39, 0.29) is 11.3 Å². The minimum absolute atomic E-state index is 0.0580. The third kappa shape index (κ3) is 3.15. The Bertz CT molecular complexity index is 998. The quantitative estimate of drug-likeness (QED) is 0.752.